The van der Waals surface area contributed by atoms with E-state index < -0.39 is 0 Å². The van der Waals surface area contributed by atoms with Crippen molar-refractivity contribution in [1.82, 2.24) is 24.6 Å². The van der Waals surface area contributed by atoms with Gasteiger partial charge >= 0.3 is 0 Å². The summed E-state index contributed by atoms with van der Waals surface area (Å²) in [4.78, 5) is 18.6. The maximum Gasteiger partial charge on any atom is 0.200 e. The van der Waals surface area contributed by atoms with Crippen LogP contribution in [0.5, 0.6) is 0 Å². The van der Waals surface area contributed by atoms with Crippen LogP contribution < -0.4 is 16.5 Å². The summed E-state index contributed by atoms with van der Waals surface area (Å²) in [7, 11) is 2.17. The number of nitrogens with two attached hydrogens (primary N) is 1. The van der Waals surface area contributed by atoms with Gasteiger partial charge in [0, 0.05) is 50.0 Å². The first kappa shape index (κ1) is 20.5. The van der Waals surface area contributed by atoms with Gasteiger partial charge in [-0.3, -0.25) is 9.89 Å². The molecule has 4 N–H and O–H groups in total. The number of aromatic nitrogens is 3. The second kappa shape index (κ2) is 8.29. The molecule has 4 aromatic rings. The zero-order valence-corrected chi connectivity index (χ0v) is 18.4. The lowest BCUT2D eigenvalue weighted by Crippen LogP contribution is -2.44. The molecule has 2 aromatic carbocycles. The predicted octanol–water partition coefficient (Wildman–Crippen LogP) is 2.76. The number of piperazine rings is 1. The van der Waals surface area contributed by atoms with Gasteiger partial charge in [-0.05, 0) is 44.3 Å². The third-order valence-electron chi connectivity index (χ3n) is 6.51. The summed E-state index contributed by atoms with van der Waals surface area (Å²) < 4.78 is 1.91. The Kier molecular flexibility index (Phi) is 5.32. The SMILES string of the molecule is C=Cn1c2ccc3[nH]ncc3c2c(=O)c2c(NCCCN3CCN(C)CC3)ccc(N)c21. The van der Waals surface area contributed by atoms with Gasteiger partial charge in [-0.2, -0.15) is 5.10 Å². The minimum atomic E-state index is -0.0473. The Morgan fingerprint density at radius 3 is 2.78 bits per heavy atom. The number of hydrogen-bond acceptors (Lipinski definition) is 6. The van der Waals surface area contributed by atoms with Crippen LogP contribution in [0.25, 0.3) is 38.9 Å². The molecule has 5 rings (SSSR count). The number of nitrogen functional groups attached to an aromatic ring is 1. The van der Waals surface area contributed by atoms with E-state index in [1.165, 1.54) is 0 Å². The first-order valence-electron chi connectivity index (χ1n) is 11.1. The van der Waals surface area contributed by atoms with E-state index in [4.69, 9.17) is 5.73 Å². The molecule has 32 heavy (non-hydrogen) atoms. The number of H-pyrrole nitrogens is 1. The van der Waals surface area contributed by atoms with E-state index in [1.54, 1.807) is 12.4 Å². The van der Waals surface area contributed by atoms with Crippen molar-refractivity contribution in [3.63, 3.8) is 0 Å². The fourth-order valence-electron chi connectivity index (χ4n) is 4.72. The molecule has 0 radical (unpaired) electrons. The average Bonchev–Trinajstić information content (AvgIpc) is 3.28. The second-order valence-corrected chi connectivity index (χ2v) is 8.52. The molecule has 0 aliphatic carbocycles. The van der Waals surface area contributed by atoms with Gasteiger partial charge in [-0.15, -0.1) is 0 Å². The Balaban J connectivity index is 1.53. The van der Waals surface area contributed by atoms with Crippen molar-refractivity contribution in [2.24, 2.45) is 0 Å². The van der Waals surface area contributed by atoms with Crippen molar-refractivity contribution in [2.75, 3.05) is 57.4 Å². The molecule has 2 aromatic heterocycles. The van der Waals surface area contributed by atoms with Crippen molar-refractivity contribution in [3.05, 3.63) is 47.3 Å². The molecular weight excluding hydrogens is 402 g/mol. The van der Waals surface area contributed by atoms with Crippen molar-refractivity contribution >= 4 is 50.3 Å². The molecule has 1 aliphatic rings. The molecular formula is C24H29N7O. The van der Waals surface area contributed by atoms with Crippen LogP contribution in [0.3, 0.4) is 0 Å². The molecule has 0 spiro atoms. The molecule has 8 nitrogen and oxygen atoms in total. The van der Waals surface area contributed by atoms with Crippen LogP contribution in [0.15, 0.2) is 41.8 Å². The Hall–Kier alpha value is -3.36. The van der Waals surface area contributed by atoms with E-state index in [0.29, 0.717) is 22.0 Å². The highest BCUT2D eigenvalue weighted by Crippen LogP contribution is 2.32. The molecule has 0 saturated carbocycles. The second-order valence-electron chi connectivity index (χ2n) is 8.52. The van der Waals surface area contributed by atoms with Gasteiger partial charge in [0.15, 0.2) is 5.43 Å². The number of fused-ring (bicyclic) bond motifs is 4. The van der Waals surface area contributed by atoms with Gasteiger partial charge in [-0.1, -0.05) is 6.58 Å². The number of likely N-dealkylation sites (N-methyl/N-ethyl adjacent to an activating group) is 1. The van der Waals surface area contributed by atoms with Crippen LogP contribution in [-0.4, -0.2) is 70.9 Å². The normalized spacial score (nSPS) is 15.7. The summed E-state index contributed by atoms with van der Waals surface area (Å²) in [5.41, 5.74) is 9.94. The van der Waals surface area contributed by atoms with Gasteiger partial charge in [0.25, 0.3) is 0 Å². The number of anilines is 2. The van der Waals surface area contributed by atoms with E-state index in [1.807, 2.05) is 28.8 Å². The highest BCUT2D eigenvalue weighted by Gasteiger charge is 2.18. The maximum absolute atomic E-state index is 13.8. The maximum atomic E-state index is 13.8. The molecule has 1 fully saturated rings. The van der Waals surface area contributed by atoms with Gasteiger partial charge in [0.05, 0.1) is 39.2 Å². The fraction of sp³-hybridized carbons (Fsp3) is 0.333. The van der Waals surface area contributed by atoms with Gasteiger partial charge < -0.3 is 25.4 Å². The number of hydrogen-bond donors (Lipinski definition) is 3. The van der Waals surface area contributed by atoms with E-state index in [2.05, 4.69) is 38.9 Å². The molecule has 8 heteroatoms. The van der Waals surface area contributed by atoms with E-state index >= 15 is 0 Å². The number of nitrogens with zero attached hydrogens (tertiary/aromatic N) is 4. The number of aromatic amines is 1. The Bertz CT molecular complexity index is 1360. The number of benzene rings is 2. The Labute approximate surface area is 186 Å². The molecule has 0 atom stereocenters. The number of nitrogens with one attached hydrogen (secondary N) is 2. The van der Waals surface area contributed by atoms with Crippen LogP contribution in [0.1, 0.15) is 6.42 Å². The average molecular weight is 432 g/mol. The van der Waals surface area contributed by atoms with Crippen LogP contribution in [-0.2, 0) is 0 Å². The number of pyridine rings is 1. The Morgan fingerprint density at radius 1 is 1.19 bits per heavy atom. The topological polar surface area (TPSA) is 95.2 Å². The summed E-state index contributed by atoms with van der Waals surface area (Å²) in [5, 5.41) is 12.6. The smallest absolute Gasteiger partial charge is 0.200 e. The van der Waals surface area contributed by atoms with E-state index in [9.17, 15) is 4.79 Å². The fourth-order valence-corrected chi connectivity index (χ4v) is 4.72. The first-order chi connectivity index (χ1) is 15.6. The molecule has 166 valence electrons. The third-order valence-corrected chi connectivity index (χ3v) is 6.51. The molecule has 3 heterocycles. The zero-order valence-electron chi connectivity index (χ0n) is 18.4. The minimum absolute atomic E-state index is 0.0473. The predicted molar refractivity (Wildman–Crippen MR) is 133 cm³/mol. The summed E-state index contributed by atoms with van der Waals surface area (Å²) in [6.45, 7) is 10.3. The zero-order chi connectivity index (χ0) is 22.2. The lowest BCUT2D eigenvalue weighted by molar-refractivity contribution is 0.154. The first-order valence-corrected chi connectivity index (χ1v) is 11.1. The third kappa shape index (κ3) is 3.41. The van der Waals surface area contributed by atoms with E-state index in [0.717, 1.165) is 67.8 Å². The summed E-state index contributed by atoms with van der Waals surface area (Å²) in [5.74, 6) is 0. The standard InChI is InChI=1S/C24H29N7O/c1-3-31-20-8-7-18-16(15-27-28-18)21(20)24(32)22-19(6-5-17(25)23(22)31)26-9-4-10-30-13-11-29(2)12-14-30/h3,5-8,15,26H,1,4,9-14,25H2,2H3,(H,27,28). The largest absolute Gasteiger partial charge is 0.397 e. The Morgan fingerprint density at radius 2 is 2.00 bits per heavy atom. The molecule has 1 aliphatic heterocycles. The number of rotatable bonds is 6. The highest BCUT2D eigenvalue weighted by atomic mass is 16.1. The minimum Gasteiger partial charge on any atom is -0.397 e. The van der Waals surface area contributed by atoms with Gasteiger partial charge in [0.1, 0.15) is 0 Å². The van der Waals surface area contributed by atoms with Crippen LogP contribution >= 0.6 is 0 Å². The van der Waals surface area contributed by atoms with Gasteiger partial charge in [0.2, 0.25) is 0 Å². The van der Waals surface area contributed by atoms with Crippen LogP contribution in [0, 0.1) is 0 Å². The summed E-state index contributed by atoms with van der Waals surface area (Å²) >= 11 is 0. The lowest BCUT2D eigenvalue weighted by Gasteiger charge is -2.32. The van der Waals surface area contributed by atoms with Crippen LogP contribution in [0.4, 0.5) is 11.4 Å². The van der Waals surface area contributed by atoms with Gasteiger partial charge in [-0.25, -0.2) is 0 Å². The quantitative estimate of drug-likeness (QED) is 0.247. The summed E-state index contributed by atoms with van der Waals surface area (Å²) in [6, 6.07) is 7.59. The molecule has 0 bridgehead atoms. The summed E-state index contributed by atoms with van der Waals surface area (Å²) in [6.07, 6.45) is 4.42. The van der Waals surface area contributed by atoms with Crippen LogP contribution in [0.2, 0.25) is 0 Å². The molecule has 1 saturated heterocycles. The van der Waals surface area contributed by atoms with Crippen molar-refractivity contribution in [2.45, 2.75) is 6.42 Å². The lowest BCUT2D eigenvalue weighted by atomic mass is 10.0. The van der Waals surface area contributed by atoms with Crippen molar-refractivity contribution < 1.29 is 0 Å². The molecule has 0 amide bonds. The molecule has 0 unspecified atom stereocenters. The monoisotopic (exact) mass is 431 g/mol. The van der Waals surface area contributed by atoms with E-state index in [-0.39, 0.29) is 5.43 Å². The van der Waals surface area contributed by atoms with Crippen molar-refractivity contribution in [1.29, 1.82) is 0 Å². The van der Waals surface area contributed by atoms with Crippen molar-refractivity contribution in [3.8, 4) is 0 Å². The highest BCUT2D eigenvalue weighted by molar-refractivity contribution is 6.13.